The molecule has 0 atom stereocenters. The Bertz CT molecular complexity index is 1440. The Morgan fingerprint density at radius 2 is 1.61 bits per heavy atom. The van der Waals surface area contributed by atoms with Gasteiger partial charge < -0.3 is 5.32 Å². The number of carbonyl (C=O) groups excluding carboxylic acids is 1. The van der Waals surface area contributed by atoms with Gasteiger partial charge in [0.1, 0.15) is 4.88 Å². The van der Waals surface area contributed by atoms with E-state index in [-0.39, 0.29) is 10.0 Å². The highest BCUT2D eigenvalue weighted by Gasteiger charge is 2.21. The number of thiophene rings is 1. The number of carbonyl (C=O) groups is 1. The van der Waals surface area contributed by atoms with E-state index in [2.05, 4.69) is 10.6 Å². The number of nitrogens with one attached hydrogen (secondary N) is 2. The molecule has 0 bridgehead atoms. The first-order valence-corrected chi connectivity index (χ1v) is 12.7. The van der Waals surface area contributed by atoms with Gasteiger partial charge in [-0.15, -0.1) is 11.3 Å². The van der Waals surface area contributed by atoms with Crippen LogP contribution in [0.5, 0.6) is 0 Å². The van der Waals surface area contributed by atoms with Crippen LogP contribution in [0.25, 0.3) is 10.1 Å². The number of hydrogen-bond acceptors (Lipinski definition) is 5. The molecule has 168 valence electrons. The summed E-state index contributed by atoms with van der Waals surface area (Å²) in [5.74, 6) is -0.414. The highest BCUT2D eigenvalue weighted by atomic mass is 35.5. The Hall–Kier alpha value is -2.98. The first-order chi connectivity index (χ1) is 15.8. The highest BCUT2D eigenvalue weighted by Crippen LogP contribution is 2.35. The van der Waals surface area contributed by atoms with Crippen LogP contribution in [-0.4, -0.2) is 26.5 Å². The van der Waals surface area contributed by atoms with Crippen molar-refractivity contribution >= 4 is 77.7 Å². The average Bonchev–Trinajstić information content (AvgIpc) is 3.16. The van der Waals surface area contributed by atoms with Crippen LogP contribution in [0, 0.1) is 0 Å². The Morgan fingerprint density at radius 3 is 2.27 bits per heavy atom. The number of para-hydroxylation sites is 1. The lowest BCUT2D eigenvalue weighted by atomic mass is 10.2. The molecule has 0 radical (unpaired) electrons. The maximum Gasteiger partial charge on any atom is 0.269 e. The second-order valence-corrected chi connectivity index (χ2v) is 10.8. The van der Waals surface area contributed by atoms with E-state index < -0.39 is 15.9 Å². The van der Waals surface area contributed by atoms with Crippen molar-refractivity contribution < 1.29 is 13.2 Å². The molecule has 0 fully saturated rings. The van der Waals surface area contributed by atoms with Crippen LogP contribution in [-0.2, 0) is 10.0 Å². The molecule has 0 spiro atoms. The maximum atomic E-state index is 12.9. The minimum atomic E-state index is -3.72. The number of halogens is 1. The van der Waals surface area contributed by atoms with Gasteiger partial charge in [-0.1, -0.05) is 48.0 Å². The fourth-order valence-electron chi connectivity index (χ4n) is 3.13. The fraction of sp³-hybridized carbons (Fsp3) is 0.0435. The standard InChI is InChI=1S/C23H18ClN3O3S3/c1-27(16-7-3-2-4-8-16)33(29,30)17-13-11-15(12-14-17)25-23(31)26-22(28)21-20(24)18-9-5-6-10-19(18)32-21/h2-14H,1H3,(H2,25,26,28,31). The number of fused-ring (bicyclic) bond motifs is 1. The van der Waals surface area contributed by atoms with E-state index in [0.29, 0.717) is 21.3 Å². The third-order valence-electron chi connectivity index (χ3n) is 4.86. The van der Waals surface area contributed by atoms with Crippen LogP contribution < -0.4 is 14.9 Å². The summed E-state index contributed by atoms with van der Waals surface area (Å²) in [6, 6.07) is 22.4. The minimum absolute atomic E-state index is 0.0746. The third-order valence-corrected chi connectivity index (χ3v) is 8.54. The van der Waals surface area contributed by atoms with Crippen molar-refractivity contribution in [1.29, 1.82) is 0 Å². The zero-order valence-electron chi connectivity index (χ0n) is 17.3. The molecule has 0 saturated carbocycles. The fourth-order valence-corrected chi connectivity index (χ4v) is 5.95. The summed E-state index contributed by atoms with van der Waals surface area (Å²) < 4.78 is 27.9. The molecule has 3 aromatic carbocycles. The number of hydrogen-bond donors (Lipinski definition) is 2. The van der Waals surface area contributed by atoms with E-state index >= 15 is 0 Å². The lowest BCUT2D eigenvalue weighted by Crippen LogP contribution is -2.33. The molecule has 0 aliphatic rings. The Labute approximate surface area is 205 Å². The molecule has 4 rings (SSSR count). The average molecular weight is 516 g/mol. The molecule has 0 aliphatic heterocycles. The van der Waals surface area contributed by atoms with E-state index in [4.69, 9.17) is 23.8 Å². The summed E-state index contributed by atoms with van der Waals surface area (Å²) in [6.45, 7) is 0. The summed E-state index contributed by atoms with van der Waals surface area (Å²) in [5.41, 5.74) is 1.09. The number of amides is 1. The van der Waals surface area contributed by atoms with Gasteiger partial charge in [0.05, 0.1) is 15.6 Å². The minimum Gasteiger partial charge on any atom is -0.332 e. The first kappa shape index (κ1) is 23.2. The summed E-state index contributed by atoms with van der Waals surface area (Å²) in [4.78, 5) is 13.1. The molecule has 1 amide bonds. The van der Waals surface area contributed by atoms with Crippen molar-refractivity contribution in [2.75, 3.05) is 16.7 Å². The predicted molar refractivity (Wildman–Crippen MR) is 139 cm³/mol. The van der Waals surface area contributed by atoms with Gasteiger partial charge in [0, 0.05) is 22.8 Å². The smallest absolute Gasteiger partial charge is 0.269 e. The molecule has 1 aromatic heterocycles. The quantitative estimate of drug-likeness (QED) is 0.343. The lowest BCUT2D eigenvalue weighted by molar-refractivity contribution is 0.0982. The molecule has 10 heteroatoms. The van der Waals surface area contributed by atoms with E-state index in [1.54, 1.807) is 36.4 Å². The molecule has 1 heterocycles. The summed E-state index contributed by atoms with van der Waals surface area (Å²) in [6.07, 6.45) is 0. The van der Waals surface area contributed by atoms with Crippen molar-refractivity contribution in [2.24, 2.45) is 0 Å². The largest absolute Gasteiger partial charge is 0.332 e. The zero-order chi connectivity index (χ0) is 23.6. The number of benzene rings is 3. The van der Waals surface area contributed by atoms with E-state index in [9.17, 15) is 13.2 Å². The van der Waals surface area contributed by atoms with Crippen molar-refractivity contribution in [3.63, 3.8) is 0 Å². The van der Waals surface area contributed by atoms with E-state index in [1.165, 1.54) is 34.8 Å². The van der Waals surface area contributed by atoms with Gasteiger partial charge in [-0.3, -0.25) is 14.4 Å². The molecule has 33 heavy (non-hydrogen) atoms. The molecular formula is C23H18ClN3O3S3. The van der Waals surface area contributed by atoms with Crippen molar-refractivity contribution in [3.8, 4) is 0 Å². The highest BCUT2D eigenvalue weighted by molar-refractivity contribution is 7.92. The van der Waals surface area contributed by atoms with Gasteiger partial charge in [0.2, 0.25) is 0 Å². The summed E-state index contributed by atoms with van der Waals surface area (Å²) >= 11 is 12.9. The second kappa shape index (κ2) is 9.48. The molecule has 0 saturated heterocycles. The Balaban J connectivity index is 1.43. The Kier molecular flexibility index (Phi) is 6.66. The number of sulfonamides is 1. The number of anilines is 2. The maximum absolute atomic E-state index is 12.9. The number of rotatable bonds is 5. The second-order valence-electron chi connectivity index (χ2n) is 6.98. The van der Waals surface area contributed by atoms with Gasteiger partial charge in [0.25, 0.3) is 15.9 Å². The van der Waals surface area contributed by atoms with Crippen molar-refractivity contribution in [2.45, 2.75) is 4.90 Å². The molecule has 0 aliphatic carbocycles. The first-order valence-electron chi connectivity index (χ1n) is 9.71. The lowest BCUT2D eigenvalue weighted by Gasteiger charge is -2.19. The molecule has 6 nitrogen and oxygen atoms in total. The molecule has 4 aromatic rings. The van der Waals surface area contributed by atoms with Crippen LogP contribution in [0.15, 0.2) is 83.8 Å². The Morgan fingerprint density at radius 1 is 0.970 bits per heavy atom. The van der Waals surface area contributed by atoms with Gasteiger partial charge in [-0.2, -0.15) is 0 Å². The predicted octanol–water partition coefficient (Wildman–Crippen LogP) is 5.51. The van der Waals surface area contributed by atoms with Crippen LogP contribution in [0.3, 0.4) is 0 Å². The van der Waals surface area contributed by atoms with Gasteiger partial charge in [-0.25, -0.2) is 8.42 Å². The van der Waals surface area contributed by atoms with Crippen molar-refractivity contribution in [1.82, 2.24) is 5.32 Å². The third kappa shape index (κ3) is 4.86. The molecular weight excluding hydrogens is 498 g/mol. The van der Waals surface area contributed by atoms with Crippen LogP contribution >= 0.6 is 35.2 Å². The number of nitrogens with zero attached hydrogens (tertiary/aromatic N) is 1. The van der Waals surface area contributed by atoms with Gasteiger partial charge in [0.15, 0.2) is 5.11 Å². The van der Waals surface area contributed by atoms with E-state index in [1.807, 2.05) is 30.3 Å². The van der Waals surface area contributed by atoms with Gasteiger partial charge in [-0.05, 0) is 54.7 Å². The monoisotopic (exact) mass is 515 g/mol. The summed E-state index contributed by atoms with van der Waals surface area (Å²) in [7, 11) is -2.22. The molecule has 2 N–H and O–H groups in total. The normalized spacial score (nSPS) is 11.2. The number of thiocarbonyl (C=S) groups is 1. The van der Waals surface area contributed by atoms with Gasteiger partial charge >= 0.3 is 0 Å². The van der Waals surface area contributed by atoms with Crippen molar-refractivity contribution in [3.05, 3.63) is 88.8 Å². The van der Waals surface area contributed by atoms with Crippen LogP contribution in [0.2, 0.25) is 5.02 Å². The van der Waals surface area contributed by atoms with E-state index in [0.717, 1.165) is 10.1 Å². The van der Waals surface area contributed by atoms with Crippen LogP contribution in [0.1, 0.15) is 9.67 Å². The topological polar surface area (TPSA) is 78.5 Å². The summed E-state index contributed by atoms with van der Waals surface area (Å²) in [5, 5.41) is 6.77. The van der Waals surface area contributed by atoms with Crippen LogP contribution in [0.4, 0.5) is 11.4 Å². The SMILES string of the molecule is CN(c1ccccc1)S(=O)(=O)c1ccc(NC(=S)NC(=O)c2sc3ccccc3c2Cl)cc1. The zero-order valence-corrected chi connectivity index (χ0v) is 20.5. The molecule has 0 unspecified atom stereocenters.